The van der Waals surface area contributed by atoms with E-state index in [1.54, 1.807) is 5.56 Å². The summed E-state index contributed by atoms with van der Waals surface area (Å²) in [5.41, 5.74) is 4.67. The second kappa shape index (κ2) is 7.48. The van der Waals surface area contributed by atoms with E-state index < -0.39 is 0 Å². The molecule has 4 nitrogen and oxygen atoms in total. The highest BCUT2D eigenvalue weighted by Crippen LogP contribution is 2.48. The van der Waals surface area contributed by atoms with Gasteiger partial charge in [0.15, 0.2) is 0 Å². The summed E-state index contributed by atoms with van der Waals surface area (Å²) in [7, 11) is 1.99. The van der Waals surface area contributed by atoms with Gasteiger partial charge in [-0.15, -0.1) is 12.4 Å². The molecule has 0 spiro atoms. The van der Waals surface area contributed by atoms with Crippen molar-refractivity contribution in [2.24, 2.45) is 7.05 Å². The molecular formula is C20H29ClN4. The number of hydrogen-bond acceptors (Lipinski definition) is 3. The highest BCUT2D eigenvalue weighted by molar-refractivity contribution is 5.85. The van der Waals surface area contributed by atoms with Gasteiger partial charge in [0.1, 0.15) is 0 Å². The molecule has 0 atom stereocenters. The Morgan fingerprint density at radius 2 is 1.64 bits per heavy atom. The Morgan fingerprint density at radius 1 is 1.00 bits per heavy atom. The monoisotopic (exact) mass is 360 g/mol. The molecule has 2 aromatic rings. The number of halogens is 1. The van der Waals surface area contributed by atoms with Crippen LogP contribution in [-0.4, -0.2) is 52.3 Å². The minimum atomic E-state index is 0. The Morgan fingerprint density at radius 3 is 2.20 bits per heavy atom. The van der Waals surface area contributed by atoms with Gasteiger partial charge in [-0.05, 0) is 25.3 Å². The molecule has 25 heavy (non-hydrogen) atoms. The standard InChI is InChI=1S/C20H28N4.ClH/c1-17-3-5-19(6-4-17)20(7-8-20)16-24-11-9-23(10-12-24)15-18-13-21-22(2)14-18;/h3-6,13-14H,7-12,15-16H2,1-2H3;1H. The van der Waals surface area contributed by atoms with Gasteiger partial charge in [0.2, 0.25) is 0 Å². The predicted molar refractivity (Wildman–Crippen MR) is 104 cm³/mol. The number of piperazine rings is 1. The van der Waals surface area contributed by atoms with Crippen LogP contribution in [0.3, 0.4) is 0 Å². The van der Waals surface area contributed by atoms with Crippen LogP contribution in [-0.2, 0) is 19.0 Å². The molecule has 2 fully saturated rings. The van der Waals surface area contributed by atoms with Crippen LogP contribution in [0, 0.1) is 6.92 Å². The van der Waals surface area contributed by atoms with Crippen molar-refractivity contribution >= 4 is 12.4 Å². The van der Waals surface area contributed by atoms with Crippen LogP contribution in [0.15, 0.2) is 36.7 Å². The van der Waals surface area contributed by atoms with Crippen molar-refractivity contribution < 1.29 is 0 Å². The first-order chi connectivity index (χ1) is 11.6. The molecule has 0 amide bonds. The van der Waals surface area contributed by atoms with Crippen molar-refractivity contribution in [2.45, 2.75) is 31.7 Å². The van der Waals surface area contributed by atoms with Crippen molar-refractivity contribution in [1.29, 1.82) is 0 Å². The highest BCUT2D eigenvalue weighted by Gasteiger charge is 2.45. The van der Waals surface area contributed by atoms with Gasteiger partial charge in [-0.3, -0.25) is 14.5 Å². The Kier molecular flexibility index (Phi) is 5.52. The lowest BCUT2D eigenvalue weighted by molar-refractivity contribution is 0.119. The lowest BCUT2D eigenvalue weighted by Gasteiger charge is -2.36. The average Bonchev–Trinajstić information content (AvgIpc) is 3.25. The largest absolute Gasteiger partial charge is 0.300 e. The predicted octanol–water partition coefficient (Wildman–Crippen LogP) is 3.00. The van der Waals surface area contributed by atoms with Crippen LogP contribution >= 0.6 is 12.4 Å². The number of rotatable bonds is 5. The molecule has 1 aliphatic heterocycles. The van der Waals surface area contributed by atoms with Gasteiger partial charge >= 0.3 is 0 Å². The molecule has 0 N–H and O–H groups in total. The summed E-state index contributed by atoms with van der Waals surface area (Å²) in [6.07, 6.45) is 6.82. The third-order valence-corrected chi connectivity index (χ3v) is 5.67. The molecule has 1 aromatic heterocycles. The van der Waals surface area contributed by atoms with Crippen LogP contribution in [0.1, 0.15) is 29.5 Å². The van der Waals surface area contributed by atoms with Crippen LogP contribution in [0.2, 0.25) is 0 Å². The molecule has 1 aromatic carbocycles. The maximum Gasteiger partial charge on any atom is 0.0534 e. The van der Waals surface area contributed by atoms with Crippen LogP contribution in [0.5, 0.6) is 0 Å². The highest BCUT2D eigenvalue weighted by atomic mass is 35.5. The summed E-state index contributed by atoms with van der Waals surface area (Å²) in [4.78, 5) is 5.23. The fourth-order valence-corrected chi connectivity index (χ4v) is 3.94. The van der Waals surface area contributed by atoms with Crippen LogP contribution in [0.25, 0.3) is 0 Å². The summed E-state index contributed by atoms with van der Waals surface area (Å²) in [5.74, 6) is 0. The first-order valence-corrected chi connectivity index (χ1v) is 9.12. The first kappa shape index (κ1) is 18.4. The number of aryl methyl sites for hydroxylation is 2. The summed E-state index contributed by atoms with van der Waals surface area (Å²) >= 11 is 0. The third-order valence-electron chi connectivity index (χ3n) is 5.67. The third kappa shape index (κ3) is 4.25. The fraction of sp³-hybridized carbons (Fsp3) is 0.550. The number of nitrogens with zero attached hydrogens (tertiary/aromatic N) is 4. The molecule has 1 saturated heterocycles. The normalized spacial score (nSPS) is 20.2. The van der Waals surface area contributed by atoms with Gasteiger partial charge in [0.05, 0.1) is 6.20 Å². The first-order valence-electron chi connectivity index (χ1n) is 9.12. The average molecular weight is 361 g/mol. The van der Waals surface area contributed by atoms with Crippen molar-refractivity contribution in [3.63, 3.8) is 0 Å². The lowest BCUT2D eigenvalue weighted by atomic mass is 9.94. The minimum absolute atomic E-state index is 0. The molecule has 2 aliphatic rings. The lowest BCUT2D eigenvalue weighted by Crippen LogP contribution is -2.48. The Labute approximate surface area is 157 Å². The van der Waals surface area contributed by atoms with Crippen LogP contribution in [0.4, 0.5) is 0 Å². The Bertz CT molecular complexity index is 682. The van der Waals surface area contributed by atoms with Gasteiger partial charge in [-0.2, -0.15) is 5.10 Å². The van der Waals surface area contributed by atoms with Crippen molar-refractivity contribution in [3.05, 3.63) is 53.3 Å². The van der Waals surface area contributed by atoms with E-state index in [0.29, 0.717) is 5.41 Å². The van der Waals surface area contributed by atoms with Crippen molar-refractivity contribution in [3.8, 4) is 0 Å². The molecule has 2 heterocycles. The molecule has 0 bridgehead atoms. The van der Waals surface area contributed by atoms with Gasteiger partial charge in [-0.1, -0.05) is 29.8 Å². The molecular weight excluding hydrogens is 332 g/mol. The van der Waals surface area contributed by atoms with E-state index in [0.717, 1.165) is 6.54 Å². The minimum Gasteiger partial charge on any atom is -0.300 e. The van der Waals surface area contributed by atoms with Gasteiger partial charge in [0, 0.05) is 63.5 Å². The Hall–Kier alpha value is -1.36. The van der Waals surface area contributed by atoms with E-state index in [-0.39, 0.29) is 12.4 Å². The van der Waals surface area contributed by atoms with E-state index >= 15 is 0 Å². The maximum atomic E-state index is 4.27. The van der Waals surface area contributed by atoms with E-state index in [9.17, 15) is 0 Å². The second-order valence-electron chi connectivity index (χ2n) is 7.72. The number of benzene rings is 1. The molecule has 5 heteroatoms. The summed E-state index contributed by atoms with van der Waals surface area (Å²) in [5, 5.41) is 4.27. The number of aromatic nitrogens is 2. The quantitative estimate of drug-likeness (QED) is 0.819. The van der Waals surface area contributed by atoms with Gasteiger partial charge in [-0.25, -0.2) is 0 Å². The molecule has 0 radical (unpaired) electrons. The maximum absolute atomic E-state index is 4.27. The molecule has 4 rings (SSSR count). The Balaban J connectivity index is 0.00000182. The van der Waals surface area contributed by atoms with E-state index in [4.69, 9.17) is 0 Å². The molecule has 1 aliphatic carbocycles. The summed E-state index contributed by atoms with van der Waals surface area (Å²) in [6.45, 7) is 9.14. The van der Waals surface area contributed by atoms with Crippen molar-refractivity contribution in [1.82, 2.24) is 19.6 Å². The fourth-order valence-electron chi connectivity index (χ4n) is 3.94. The smallest absolute Gasteiger partial charge is 0.0534 e. The van der Waals surface area contributed by atoms with Crippen molar-refractivity contribution in [2.75, 3.05) is 32.7 Å². The van der Waals surface area contributed by atoms with E-state index in [1.807, 2.05) is 17.9 Å². The molecule has 136 valence electrons. The van der Waals surface area contributed by atoms with E-state index in [1.165, 1.54) is 56.7 Å². The summed E-state index contributed by atoms with van der Waals surface area (Å²) < 4.78 is 1.89. The number of hydrogen-bond donors (Lipinski definition) is 0. The van der Waals surface area contributed by atoms with E-state index in [2.05, 4.69) is 52.3 Å². The van der Waals surface area contributed by atoms with Gasteiger partial charge in [0.25, 0.3) is 0 Å². The SMILES string of the molecule is Cc1ccc(C2(CN3CCN(Cc4cnn(C)c4)CC3)CC2)cc1.Cl. The molecule has 0 unspecified atom stereocenters. The zero-order valence-corrected chi connectivity index (χ0v) is 16.1. The zero-order valence-electron chi connectivity index (χ0n) is 15.3. The summed E-state index contributed by atoms with van der Waals surface area (Å²) in [6, 6.07) is 9.23. The topological polar surface area (TPSA) is 24.3 Å². The second-order valence-corrected chi connectivity index (χ2v) is 7.72. The zero-order chi connectivity index (χ0) is 16.6. The van der Waals surface area contributed by atoms with Gasteiger partial charge < -0.3 is 0 Å². The van der Waals surface area contributed by atoms with Crippen LogP contribution < -0.4 is 0 Å². The molecule has 1 saturated carbocycles.